The summed E-state index contributed by atoms with van der Waals surface area (Å²) in [4.78, 5) is 4.26. The van der Waals surface area contributed by atoms with Crippen LogP contribution in [-0.4, -0.2) is 31.1 Å². The lowest BCUT2D eigenvalue weighted by Gasteiger charge is -2.08. The third-order valence-electron chi connectivity index (χ3n) is 2.28. The molecular formula is C12H19N3OS. The molecule has 0 saturated heterocycles. The van der Waals surface area contributed by atoms with Gasteiger partial charge in [-0.3, -0.25) is 4.99 Å². The largest absolute Gasteiger partial charge is 0.497 e. The molecular weight excluding hydrogens is 234 g/mol. The number of hydrogen-bond acceptors (Lipinski definition) is 3. The monoisotopic (exact) mass is 253 g/mol. The van der Waals surface area contributed by atoms with E-state index in [9.17, 15) is 0 Å². The van der Waals surface area contributed by atoms with Crippen molar-refractivity contribution in [2.24, 2.45) is 10.7 Å². The summed E-state index contributed by atoms with van der Waals surface area (Å²) in [6, 6.07) is 7.55. The van der Waals surface area contributed by atoms with Crippen molar-refractivity contribution in [1.29, 1.82) is 0 Å². The molecule has 1 rings (SSSR count). The number of nitrogens with two attached hydrogens (primary N) is 1. The van der Waals surface area contributed by atoms with Crippen LogP contribution in [0.15, 0.2) is 29.3 Å². The SMILES string of the molecule is COc1ccc(NC(N)=NCC(C)SC)cc1. The Bertz CT molecular complexity index is 365. The Morgan fingerprint density at radius 3 is 2.65 bits per heavy atom. The molecule has 0 aliphatic heterocycles. The molecule has 1 aromatic rings. The molecule has 0 saturated carbocycles. The highest BCUT2D eigenvalue weighted by Gasteiger charge is 1.99. The smallest absolute Gasteiger partial charge is 0.193 e. The number of rotatable bonds is 5. The van der Waals surface area contributed by atoms with Gasteiger partial charge in [0.15, 0.2) is 5.96 Å². The van der Waals surface area contributed by atoms with Gasteiger partial charge in [0.25, 0.3) is 0 Å². The Hall–Kier alpha value is -1.36. The molecule has 1 atom stereocenters. The second-order valence-electron chi connectivity index (χ2n) is 3.63. The Balaban J connectivity index is 2.52. The van der Waals surface area contributed by atoms with Gasteiger partial charge in [-0.1, -0.05) is 6.92 Å². The van der Waals surface area contributed by atoms with Crippen molar-refractivity contribution in [3.05, 3.63) is 24.3 Å². The molecule has 1 unspecified atom stereocenters. The molecule has 0 radical (unpaired) electrons. The van der Waals surface area contributed by atoms with Crippen molar-refractivity contribution in [1.82, 2.24) is 0 Å². The first-order chi connectivity index (χ1) is 8.15. The van der Waals surface area contributed by atoms with Crippen molar-refractivity contribution in [2.75, 3.05) is 25.2 Å². The zero-order valence-electron chi connectivity index (χ0n) is 10.4. The molecule has 3 N–H and O–H groups in total. The minimum Gasteiger partial charge on any atom is -0.497 e. The van der Waals surface area contributed by atoms with Crippen LogP contribution >= 0.6 is 11.8 Å². The molecule has 0 bridgehead atoms. The standard InChI is InChI=1S/C12H19N3OS/c1-9(17-3)8-14-12(13)15-10-4-6-11(16-2)7-5-10/h4-7,9H,8H2,1-3H3,(H3,13,14,15). The molecule has 0 aromatic heterocycles. The molecule has 4 nitrogen and oxygen atoms in total. The van der Waals surface area contributed by atoms with Crippen LogP contribution < -0.4 is 15.8 Å². The first-order valence-corrected chi connectivity index (χ1v) is 6.68. The van der Waals surface area contributed by atoms with Gasteiger partial charge in [-0.05, 0) is 30.5 Å². The van der Waals surface area contributed by atoms with Crippen LogP contribution in [0, 0.1) is 0 Å². The van der Waals surface area contributed by atoms with Crippen molar-refractivity contribution in [3.63, 3.8) is 0 Å². The summed E-state index contributed by atoms with van der Waals surface area (Å²) in [5.74, 6) is 1.26. The number of nitrogens with one attached hydrogen (secondary N) is 1. The highest BCUT2D eigenvalue weighted by atomic mass is 32.2. The van der Waals surface area contributed by atoms with Gasteiger partial charge < -0.3 is 15.8 Å². The van der Waals surface area contributed by atoms with E-state index >= 15 is 0 Å². The number of methoxy groups -OCH3 is 1. The van der Waals surface area contributed by atoms with Gasteiger partial charge in [0.05, 0.1) is 13.7 Å². The van der Waals surface area contributed by atoms with Crippen molar-refractivity contribution in [3.8, 4) is 5.75 Å². The summed E-state index contributed by atoms with van der Waals surface area (Å²) >= 11 is 1.77. The van der Waals surface area contributed by atoms with Gasteiger partial charge in [-0.15, -0.1) is 0 Å². The van der Waals surface area contributed by atoms with E-state index in [4.69, 9.17) is 10.5 Å². The number of guanidine groups is 1. The first kappa shape index (κ1) is 13.7. The van der Waals surface area contributed by atoms with Crippen LogP contribution in [0.3, 0.4) is 0 Å². The summed E-state index contributed by atoms with van der Waals surface area (Å²) in [6.07, 6.45) is 2.06. The van der Waals surface area contributed by atoms with E-state index in [-0.39, 0.29) is 0 Å². The number of hydrogen-bond donors (Lipinski definition) is 2. The summed E-state index contributed by atoms with van der Waals surface area (Å²) in [5.41, 5.74) is 6.68. The Morgan fingerprint density at radius 1 is 1.47 bits per heavy atom. The average molecular weight is 253 g/mol. The van der Waals surface area contributed by atoms with Crippen LogP contribution in [0.25, 0.3) is 0 Å². The summed E-state index contributed by atoms with van der Waals surface area (Å²) < 4.78 is 5.08. The van der Waals surface area contributed by atoms with Crippen LogP contribution in [0.1, 0.15) is 6.92 Å². The van der Waals surface area contributed by atoms with E-state index < -0.39 is 0 Å². The Labute approximate surface area is 107 Å². The molecule has 0 fully saturated rings. The first-order valence-electron chi connectivity index (χ1n) is 5.39. The Kier molecular flexibility index (Phi) is 5.69. The molecule has 0 heterocycles. The number of aliphatic imine (C=N–C) groups is 1. The number of anilines is 1. The van der Waals surface area contributed by atoms with Crippen LogP contribution in [0.4, 0.5) is 5.69 Å². The third kappa shape index (κ3) is 4.99. The summed E-state index contributed by atoms with van der Waals surface area (Å²) in [7, 11) is 1.64. The molecule has 0 aliphatic carbocycles. The molecule has 1 aromatic carbocycles. The molecule has 0 amide bonds. The van der Waals surface area contributed by atoms with E-state index in [0.717, 1.165) is 18.0 Å². The van der Waals surface area contributed by atoms with Crippen molar-refractivity contribution < 1.29 is 4.74 Å². The van der Waals surface area contributed by atoms with E-state index in [1.807, 2.05) is 24.3 Å². The predicted octanol–water partition coefficient (Wildman–Crippen LogP) is 2.17. The van der Waals surface area contributed by atoms with E-state index in [1.165, 1.54) is 0 Å². The minimum atomic E-state index is 0.441. The number of thioether (sulfide) groups is 1. The molecule has 17 heavy (non-hydrogen) atoms. The quantitative estimate of drug-likeness (QED) is 0.623. The Morgan fingerprint density at radius 2 is 2.12 bits per heavy atom. The van der Waals surface area contributed by atoms with Crippen molar-refractivity contribution in [2.45, 2.75) is 12.2 Å². The average Bonchev–Trinajstić information content (AvgIpc) is 2.36. The van der Waals surface area contributed by atoms with Gasteiger partial charge in [-0.2, -0.15) is 11.8 Å². The van der Waals surface area contributed by atoms with Gasteiger partial charge in [-0.25, -0.2) is 0 Å². The summed E-state index contributed by atoms with van der Waals surface area (Å²) in [6.45, 7) is 2.84. The predicted molar refractivity (Wildman–Crippen MR) is 76.1 cm³/mol. The van der Waals surface area contributed by atoms with E-state index in [0.29, 0.717) is 11.2 Å². The van der Waals surface area contributed by atoms with Gasteiger partial charge in [0, 0.05) is 10.9 Å². The van der Waals surface area contributed by atoms with Crippen LogP contribution in [0.2, 0.25) is 0 Å². The van der Waals surface area contributed by atoms with E-state index in [1.54, 1.807) is 18.9 Å². The maximum Gasteiger partial charge on any atom is 0.193 e. The zero-order valence-corrected chi connectivity index (χ0v) is 11.3. The number of ether oxygens (including phenoxy) is 1. The number of nitrogens with zero attached hydrogens (tertiary/aromatic N) is 1. The summed E-state index contributed by atoms with van der Waals surface area (Å²) in [5, 5.41) is 3.51. The second-order valence-corrected chi connectivity index (χ2v) is 4.90. The van der Waals surface area contributed by atoms with Gasteiger partial charge in [0.2, 0.25) is 0 Å². The van der Waals surface area contributed by atoms with Crippen molar-refractivity contribution >= 4 is 23.4 Å². The molecule has 94 valence electrons. The maximum atomic E-state index is 5.78. The molecule has 0 aliphatic rings. The van der Waals surface area contributed by atoms with Gasteiger partial charge in [0.1, 0.15) is 5.75 Å². The zero-order chi connectivity index (χ0) is 12.7. The van der Waals surface area contributed by atoms with E-state index in [2.05, 4.69) is 23.5 Å². The third-order valence-corrected chi connectivity index (χ3v) is 3.24. The van der Waals surface area contributed by atoms with Crippen LogP contribution in [-0.2, 0) is 0 Å². The highest BCUT2D eigenvalue weighted by molar-refractivity contribution is 7.99. The molecule has 5 heteroatoms. The maximum absolute atomic E-state index is 5.78. The molecule has 0 spiro atoms. The topological polar surface area (TPSA) is 59.6 Å². The fourth-order valence-corrected chi connectivity index (χ4v) is 1.39. The second kappa shape index (κ2) is 7.06. The van der Waals surface area contributed by atoms with Gasteiger partial charge >= 0.3 is 0 Å². The lowest BCUT2D eigenvalue weighted by molar-refractivity contribution is 0.415. The fraction of sp³-hybridized carbons (Fsp3) is 0.417. The number of benzene rings is 1. The lowest BCUT2D eigenvalue weighted by Crippen LogP contribution is -2.23. The van der Waals surface area contributed by atoms with Crippen LogP contribution in [0.5, 0.6) is 5.75 Å². The fourth-order valence-electron chi connectivity index (χ4n) is 1.16. The minimum absolute atomic E-state index is 0.441. The normalized spacial score (nSPS) is 13.2. The highest BCUT2D eigenvalue weighted by Crippen LogP contribution is 2.14. The lowest BCUT2D eigenvalue weighted by atomic mass is 10.3.